The van der Waals surface area contributed by atoms with Crippen LogP contribution in [0, 0.1) is 5.82 Å². The number of hydrogen-bond donors (Lipinski definition) is 2. The lowest BCUT2D eigenvalue weighted by Gasteiger charge is -2.15. The molecular formula is C15H17FN2O5. The monoisotopic (exact) mass is 324 g/mol. The lowest BCUT2D eigenvalue weighted by molar-refractivity contribution is -0.136. The van der Waals surface area contributed by atoms with Crippen LogP contribution in [0.3, 0.4) is 0 Å². The molecule has 0 saturated carbocycles. The number of amides is 1. The summed E-state index contributed by atoms with van der Waals surface area (Å²) in [5, 5.41) is 11.7. The fourth-order valence-corrected chi connectivity index (χ4v) is 2.24. The smallest absolute Gasteiger partial charge is 0.337 e. The van der Waals surface area contributed by atoms with E-state index in [1.54, 1.807) is 0 Å². The Kier molecular flexibility index (Phi) is 5.17. The number of nitrogens with one attached hydrogen (secondary N) is 1. The Morgan fingerprint density at radius 2 is 2.17 bits per heavy atom. The molecule has 2 N–H and O–H groups in total. The molecule has 1 heterocycles. The van der Waals surface area contributed by atoms with E-state index in [4.69, 9.17) is 9.84 Å². The van der Waals surface area contributed by atoms with Gasteiger partial charge in [-0.05, 0) is 12.1 Å². The molecule has 0 unspecified atom stereocenters. The maximum atomic E-state index is 13.7. The third-order valence-corrected chi connectivity index (χ3v) is 3.37. The summed E-state index contributed by atoms with van der Waals surface area (Å²) in [5.74, 6) is -1.65. The zero-order valence-corrected chi connectivity index (χ0v) is 12.8. The Balaban J connectivity index is 2.31. The number of rotatable bonds is 6. The minimum Gasteiger partial charge on any atom is -0.494 e. The summed E-state index contributed by atoms with van der Waals surface area (Å²) in [6, 6.07) is 4.08. The SMILES string of the molecule is COC(=O)C1=C(Nc2ccc(OC)c(F)c2)C(=O)N(CCO)C1. The second-order valence-corrected chi connectivity index (χ2v) is 4.77. The molecule has 1 aliphatic rings. The van der Waals surface area contributed by atoms with Crippen molar-refractivity contribution in [3.8, 4) is 5.75 Å². The number of ether oxygens (including phenoxy) is 2. The highest BCUT2D eigenvalue weighted by atomic mass is 19.1. The van der Waals surface area contributed by atoms with Crippen LogP contribution in [0.15, 0.2) is 29.5 Å². The van der Waals surface area contributed by atoms with Crippen LogP contribution in [-0.2, 0) is 14.3 Å². The highest BCUT2D eigenvalue weighted by Crippen LogP contribution is 2.25. The van der Waals surface area contributed by atoms with Crippen LogP contribution in [0.2, 0.25) is 0 Å². The lowest BCUT2D eigenvalue weighted by Crippen LogP contribution is -2.31. The van der Waals surface area contributed by atoms with Gasteiger partial charge in [0.25, 0.3) is 5.91 Å². The van der Waals surface area contributed by atoms with Crippen molar-refractivity contribution in [3.63, 3.8) is 0 Å². The first-order chi connectivity index (χ1) is 11.0. The number of aliphatic hydroxyl groups is 1. The van der Waals surface area contributed by atoms with Crippen molar-refractivity contribution in [1.82, 2.24) is 4.90 Å². The molecule has 0 aliphatic carbocycles. The lowest BCUT2D eigenvalue weighted by atomic mass is 10.2. The van der Waals surface area contributed by atoms with E-state index in [1.165, 1.54) is 31.3 Å². The first-order valence-electron chi connectivity index (χ1n) is 6.84. The number of hydrogen-bond acceptors (Lipinski definition) is 6. The topological polar surface area (TPSA) is 88.1 Å². The van der Waals surface area contributed by atoms with Gasteiger partial charge in [0.2, 0.25) is 0 Å². The van der Waals surface area contributed by atoms with Crippen LogP contribution in [0.1, 0.15) is 0 Å². The largest absolute Gasteiger partial charge is 0.494 e. The van der Waals surface area contributed by atoms with Crippen LogP contribution in [0.25, 0.3) is 0 Å². The van der Waals surface area contributed by atoms with Gasteiger partial charge in [0.1, 0.15) is 5.70 Å². The molecule has 0 spiro atoms. The minimum atomic E-state index is -0.657. The van der Waals surface area contributed by atoms with Crippen molar-refractivity contribution < 1.29 is 28.6 Å². The normalized spacial score (nSPS) is 14.3. The van der Waals surface area contributed by atoms with Gasteiger partial charge in [0, 0.05) is 18.3 Å². The van der Waals surface area contributed by atoms with Gasteiger partial charge in [-0.25, -0.2) is 9.18 Å². The zero-order valence-electron chi connectivity index (χ0n) is 12.8. The summed E-state index contributed by atoms with van der Waals surface area (Å²) < 4.78 is 23.2. The van der Waals surface area contributed by atoms with Crippen LogP contribution < -0.4 is 10.1 Å². The number of carbonyl (C=O) groups is 2. The molecule has 0 bridgehead atoms. The van der Waals surface area contributed by atoms with E-state index in [9.17, 15) is 14.0 Å². The number of benzene rings is 1. The van der Waals surface area contributed by atoms with Crippen molar-refractivity contribution in [3.05, 3.63) is 35.3 Å². The van der Waals surface area contributed by atoms with Gasteiger partial charge in [0.15, 0.2) is 11.6 Å². The van der Waals surface area contributed by atoms with Crippen LogP contribution in [0.4, 0.5) is 10.1 Å². The molecule has 1 amide bonds. The standard InChI is InChI=1S/C15H17FN2O5/c1-22-12-4-3-9(7-11(12)16)17-13-10(15(21)23-2)8-18(5-6-19)14(13)20/h3-4,7,17,19H,5-6,8H2,1-2H3. The molecule has 23 heavy (non-hydrogen) atoms. The number of esters is 1. The molecule has 7 nitrogen and oxygen atoms in total. The molecule has 0 atom stereocenters. The average molecular weight is 324 g/mol. The molecule has 124 valence electrons. The number of nitrogens with zero attached hydrogens (tertiary/aromatic N) is 1. The van der Waals surface area contributed by atoms with Crippen molar-refractivity contribution in [2.45, 2.75) is 0 Å². The van der Waals surface area contributed by atoms with E-state index in [2.05, 4.69) is 10.1 Å². The highest BCUT2D eigenvalue weighted by molar-refractivity contribution is 6.08. The van der Waals surface area contributed by atoms with E-state index in [1.807, 2.05) is 0 Å². The Morgan fingerprint density at radius 1 is 1.43 bits per heavy atom. The molecule has 0 radical (unpaired) electrons. The van der Waals surface area contributed by atoms with Gasteiger partial charge >= 0.3 is 5.97 Å². The van der Waals surface area contributed by atoms with E-state index in [0.717, 1.165) is 6.07 Å². The number of aliphatic hydroxyl groups excluding tert-OH is 1. The average Bonchev–Trinajstić information content (AvgIpc) is 2.84. The van der Waals surface area contributed by atoms with Gasteiger partial charge in [-0.15, -0.1) is 0 Å². The van der Waals surface area contributed by atoms with Crippen molar-refractivity contribution in [2.75, 3.05) is 39.2 Å². The number of β-amino-alcohol motifs (C(OH)–C–C–N with tert-alkyl or cyclic N) is 1. The third-order valence-electron chi connectivity index (χ3n) is 3.37. The van der Waals surface area contributed by atoms with Crippen molar-refractivity contribution in [2.24, 2.45) is 0 Å². The number of methoxy groups -OCH3 is 2. The fourth-order valence-electron chi connectivity index (χ4n) is 2.24. The van der Waals surface area contributed by atoms with Crippen LogP contribution in [-0.4, -0.2) is 55.8 Å². The molecule has 8 heteroatoms. The second kappa shape index (κ2) is 7.10. The first-order valence-corrected chi connectivity index (χ1v) is 6.84. The minimum absolute atomic E-state index is 0.00914. The van der Waals surface area contributed by atoms with Crippen molar-refractivity contribution in [1.29, 1.82) is 0 Å². The van der Waals surface area contributed by atoms with Crippen LogP contribution in [0.5, 0.6) is 5.75 Å². The van der Waals surface area contributed by atoms with Gasteiger partial charge in [-0.2, -0.15) is 0 Å². The molecule has 0 saturated heterocycles. The second-order valence-electron chi connectivity index (χ2n) is 4.77. The van der Waals surface area contributed by atoms with Crippen molar-refractivity contribution >= 4 is 17.6 Å². The molecule has 1 aliphatic heterocycles. The fraction of sp³-hybridized carbons (Fsp3) is 0.333. The molecule has 0 fully saturated rings. The first kappa shape index (κ1) is 16.8. The number of carbonyl (C=O) groups excluding carboxylic acids is 2. The number of anilines is 1. The maximum absolute atomic E-state index is 13.7. The predicted octanol–water partition coefficient (Wildman–Crippen LogP) is 0.508. The van der Waals surface area contributed by atoms with E-state index in [-0.39, 0.29) is 36.7 Å². The predicted molar refractivity (Wildman–Crippen MR) is 79.3 cm³/mol. The van der Waals surface area contributed by atoms with E-state index >= 15 is 0 Å². The van der Waals surface area contributed by atoms with E-state index in [0.29, 0.717) is 5.69 Å². The highest BCUT2D eigenvalue weighted by Gasteiger charge is 2.34. The van der Waals surface area contributed by atoms with Gasteiger partial charge < -0.3 is 24.8 Å². The summed E-state index contributed by atoms with van der Waals surface area (Å²) in [5.41, 5.74) is 0.427. The van der Waals surface area contributed by atoms with Gasteiger partial charge in [-0.3, -0.25) is 4.79 Å². The Labute approximate surface area is 132 Å². The molecule has 1 aromatic carbocycles. The summed E-state index contributed by atoms with van der Waals surface area (Å²) >= 11 is 0. The van der Waals surface area contributed by atoms with Crippen LogP contribution >= 0.6 is 0 Å². The van der Waals surface area contributed by atoms with Gasteiger partial charge in [-0.1, -0.05) is 0 Å². The number of halogens is 1. The molecular weight excluding hydrogens is 307 g/mol. The molecule has 1 aromatic rings. The van der Waals surface area contributed by atoms with Gasteiger partial charge in [0.05, 0.1) is 32.9 Å². The third kappa shape index (κ3) is 3.42. The van der Waals surface area contributed by atoms with E-state index < -0.39 is 17.7 Å². The quantitative estimate of drug-likeness (QED) is 0.741. The molecule has 2 rings (SSSR count). The summed E-state index contributed by atoms with van der Waals surface area (Å²) in [4.78, 5) is 25.4. The Bertz CT molecular complexity index is 659. The summed E-state index contributed by atoms with van der Waals surface area (Å²) in [7, 11) is 2.55. The maximum Gasteiger partial charge on any atom is 0.337 e. The Morgan fingerprint density at radius 3 is 2.74 bits per heavy atom. The molecule has 0 aromatic heterocycles. The summed E-state index contributed by atoms with van der Waals surface area (Å²) in [6.45, 7) is -0.126. The summed E-state index contributed by atoms with van der Waals surface area (Å²) in [6.07, 6.45) is 0. The Hall–Kier alpha value is -2.61. The zero-order chi connectivity index (χ0) is 17.0.